The smallest absolute Gasteiger partial charge is 0.410 e. The molecule has 0 unspecified atom stereocenters. The molecular weight excluding hydrogens is 388 g/mol. The number of amides is 4. The van der Waals surface area contributed by atoms with Gasteiger partial charge in [0.1, 0.15) is 5.60 Å². The number of nitrogens with zero attached hydrogens (tertiary/aromatic N) is 4. The van der Waals surface area contributed by atoms with E-state index in [4.69, 9.17) is 4.74 Å². The molecule has 0 radical (unpaired) electrons. The van der Waals surface area contributed by atoms with E-state index in [0.717, 1.165) is 12.8 Å². The lowest BCUT2D eigenvalue weighted by Crippen LogP contribution is -2.55. The summed E-state index contributed by atoms with van der Waals surface area (Å²) in [5.74, 6) is -0.898. The number of carbonyl (C=O) groups is 4. The molecule has 168 valence electrons. The molecular formula is C21H34N4O5. The summed E-state index contributed by atoms with van der Waals surface area (Å²) in [6, 6.07) is 0. The zero-order valence-corrected chi connectivity index (χ0v) is 18.4. The largest absolute Gasteiger partial charge is 0.444 e. The second-order valence-electron chi connectivity index (χ2n) is 9.36. The molecule has 30 heavy (non-hydrogen) atoms. The van der Waals surface area contributed by atoms with Gasteiger partial charge in [0.2, 0.25) is 5.91 Å². The molecule has 0 saturated carbocycles. The van der Waals surface area contributed by atoms with Crippen LogP contribution >= 0.6 is 0 Å². The highest BCUT2D eigenvalue weighted by Crippen LogP contribution is 2.22. The molecule has 3 saturated heterocycles. The highest BCUT2D eigenvalue weighted by molar-refractivity contribution is 6.35. The highest BCUT2D eigenvalue weighted by atomic mass is 16.6. The third kappa shape index (κ3) is 5.43. The predicted octanol–water partition coefficient (Wildman–Crippen LogP) is 0.927. The molecule has 0 spiro atoms. The topological polar surface area (TPSA) is 90.5 Å². The van der Waals surface area contributed by atoms with Gasteiger partial charge >= 0.3 is 17.9 Å². The Bertz CT molecular complexity index is 667. The van der Waals surface area contributed by atoms with Gasteiger partial charge in [0.05, 0.1) is 0 Å². The summed E-state index contributed by atoms with van der Waals surface area (Å²) < 4.78 is 5.40. The Morgan fingerprint density at radius 3 is 1.63 bits per heavy atom. The Morgan fingerprint density at radius 1 is 0.667 bits per heavy atom. The maximum absolute atomic E-state index is 12.9. The molecule has 3 rings (SSSR count). The zero-order chi connectivity index (χ0) is 21.9. The average molecular weight is 423 g/mol. The summed E-state index contributed by atoms with van der Waals surface area (Å²) >= 11 is 0. The van der Waals surface area contributed by atoms with Crippen LogP contribution in [0.1, 0.15) is 46.5 Å². The number of piperazine rings is 1. The second-order valence-corrected chi connectivity index (χ2v) is 9.36. The molecule has 0 aromatic carbocycles. The first-order valence-corrected chi connectivity index (χ1v) is 11.0. The number of piperidine rings is 1. The predicted molar refractivity (Wildman–Crippen MR) is 110 cm³/mol. The Hall–Kier alpha value is -2.32. The third-order valence-electron chi connectivity index (χ3n) is 5.95. The molecule has 0 N–H and O–H groups in total. The molecule has 9 nitrogen and oxygen atoms in total. The first kappa shape index (κ1) is 22.4. The van der Waals surface area contributed by atoms with Crippen LogP contribution in [0.5, 0.6) is 0 Å². The van der Waals surface area contributed by atoms with E-state index in [-0.39, 0.29) is 17.9 Å². The van der Waals surface area contributed by atoms with Crippen molar-refractivity contribution in [3.05, 3.63) is 0 Å². The molecule has 3 aliphatic heterocycles. The van der Waals surface area contributed by atoms with Crippen molar-refractivity contribution in [2.45, 2.75) is 52.1 Å². The van der Waals surface area contributed by atoms with Crippen molar-refractivity contribution < 1.29 is 23.9 Å². The summed E-state index contributed by atoms with van der Waals surface area (Å²) in [5.41, 5.74) is -0.531. The first-order chi connectivity index (χ1) is 14.2. The van der Waals surface area contributed by atoms with Crippen LogP contribution in [0.25, 0.3) is 0 Å². The van der Waals surface area contributed by atoms with Gasteiger partial charge in [-0.1, -0.05) is 0 Å². The lowest BCUT2D eigenvalue weighted by atomic mass is 9.95. The SMILES string of the molecule is CC(C)(C)OC(=O)N1CCC(C(=O)N2CCN(C(=O)C(=O)N3CCCC3)CC2)CC1. The van der Waals surface area contributed by atoms with Gasteiger partial charge in [-0.3, -0.25) is 14.4 Å². The molecule has 3 heterocycles. The summed E-state index contributed by atoms with van der Waals surface area (Å²) in [6.07, 6.45) is 2.81. The van der Waals surface area contributed by atoms with Gasteiger partial charge in [-0.25, -0.2) is 4.79 Å². The van der Waals surface area contributed by atoms with E-state index >= 15 is 0 Å². The summed E-state index contributed by atoms with van der Waals surface area (Å²) in [4.78, 5) is 56.4. The van der Waals surface area contributed by atoms with Crippen LogP contribution in [0.15, 0.2) is 0 Å². The molecule has 0 aliphatic carbocycles. The fourth-order valence-corrected chi connectivity index (χ4v) is 4.21. The molecule has 3 aliphatic rings. The summed E-state index contributed by atoms with van der Waals surface area (Å²) in [7, 11) is 0. The first-order valence-electron chi connectivity index (χ1n) is 11.0. The molecule has 3 fully saturated rings. The lowest BCUT2D eigenvalue weighted by Gasteiger charge is -2.38. The average Bonchev–Trinajstić information content (AvgIpc) is 3.26. The Labute approximate surface area is 178 Å². The maximum atomic E-state index is 12.9. The van der Waals surface area contributed by atoms with Crippen LogP contribution in [0, 0.1) is 5.92 Å². The van der Waals surface area contributed by atoms with Crippen molar-refractivity contribution >= 4 is 23.8 Å². The Morgan fingerprint density at radius 2 is 1.13 bits per heavy atom. The zero-order valence-electron chi connectivity index (χ0n) is 18.4. The van der Waals surface area contributed by atoms with Gasteiger partial charge in [0, 0.05) is 58.3 Å². The minimum Gasteiger partial charge on any atom is -0.444 e. The van der Waals surface area contributed by atoms with E-state index in [9.17, 15) is 19.2 Å². The van der Waals surface area contributed by atoms with Gasteiger partial charge in [0.25, 0.3) is 0 Å². The number of carbonyl (C=O) groups excluding carboxylic acids is 4. The quantitative estimate of drug-likeness (QED) is 0.587. The van der Waals surface area contributed by atoms with E-state index in [1.54, 1.807) is 19.6 Å². The van der Waals surface area contributed by atoms with Crippen molar-refractivity contribution in [1.82, 2.24) is 19.6 Å². The minimum atomic E-state index is -0.531. The minimum absolute atomic E-state index is 0.0804. The van der Waals surface area contributed by atoms with Crippen LogP contribution in [0.2, 0.25) is 0 Å². The Kier molecular flexibility index (Phi) is 6.88. The fraction of sp³-hybridized carbons (Fsp3) is 0.810. The number of hydrogen-bond acceptors (Lipinski definition) is 5. The number of ether oxygens (including phenoxy) is 1. The maximum Gasteiger partial charge on any atom is 0.410 e. The van der Waals surface area contributed by atoms with Gasteiger partial charge < -0.3 is 24.3 Å². The van der Waals surface area contributed by atoms with Crippen molar-refractivity contribution in [3.63, 3.8) is 0 Å². The van der Waals surface area contributed by atoms with Crippen LogP contribution < -0.4 is 0 Å². The molecule has 0 atom stereocenters. The van der Waals surface area contributed by atoms with Crippen molar-refractivity contribution in [2.75, 3.05) is 52.4 Å². The van der Waals surface area contributed by atoms with Crippen molar-refractivity contribution in [3.8, 4) is 0 Å². The third-order valence-corrected chi connectivity index (χ3v) is 5.95. The van der Waals surface area contributed by atoms with Crippen LogP contribution in [0.3, 0.4) is 0 Å². The van der Waals surface area contributed by atoms with Crippen LogP contribution in [-0.4, -0.2) is 101 Å². The molecule has 0 aromatic rings. The lowest BCUT2D eigenvalue weighted by molar-refractivity contribution is -0.153. The highest BCUT2D eigenvalue weighted by Gasteiger charge is 2.35. The fourth-order valence-electron chi connectivity index (χ4n) is 4.21. The van der Waals surface area contributed by atoms with Gasteiger partial charge in [-0.05, 0) is 46.5 Å². The van der Waals surface area contributed by atoms with E-state index in [2.05, 4.69) is 0 Å². The number of likely N-dealkylation sites (tertiary alicyclic amines) is 2. The molecule has 0 aromatic heterocycles. The van der Waals surface area contributed by atoms with E-state index in [1.165, 1.54) is 0 Å². The van der Waals surface area contributed by atoms with E-state index in [0.29, 0.717) is 65.2 Å². The van der Waals surface area contributed by atoms with Crippen molar-refractivity contribution in [2.24, 2.45) is 5.92 Å². The Balaban J connectivity index is 1.43. The van der Waals surface area contributed by atoms with Crippen LogP contribution in [0.4, 0.5) is 4.79 Å². The molecule has 0 bridgehead atoms. The van der Waals surface area contributed by atoms with E-state index < -0.39 is 17.4 Å². The second kappa shape index (κ2) is 9.22. The van der Waals surface area contributed by atoms with Crippen molar-refractivity contribution in [1.29, 1.82) is 0 Å². The summed E-state index contributed by atoms with van der Waals surface area (Å²) in [5, 5.41) is 0. The standard InChI is InChI=1S/C21H34N4O5/c1-21(2,3)30-20(29)25-10-6-16(7-11-25)17(26)23-12-14-24(15-13-23)19(28)18(27)22-8-4-5-9-22/h16H,4-15H2,1-3H3. The monoisotopic (exact) mass is 422 g/mol. The van der Waals surface area contributed by atoms with Gasteiger partial charge in [-0.2, -0.15) is 0 Å². The van der Waals surface area contributed by atoms with Gasteiger partial charge in [-0.15, -0.1) is 0 Å². The number of hydrogen-bond donors (Lipinski definition) is 0. The van der Waals surface area contributed by atoms with E-state index in [1.807, 2.05) is 20.8 Å². The number of rotatable bonds is 1. The van der Waals surface area contributed by atoms with Crippen LogP contribution in [-0.2, 0) is 19.1 Å². The molecule has 9 heteroatoms. The summed E-state index contributed by atoms with van der Waals surface area (Å²) in [6.45, 7) is 9.52. The molecule has 4 amide bonds. The normalized spacial score (nSPS) is 21.0. The van der Waals surface area contributed by atoms with Gasteiger partial charge in [0.15, 0.2) is 0 Å².